The molecule has 1 aliphatic carbocycles. The van der Waals surface area contributed by atoms with E-state index >= 15 is 0 Å². The highest BCUT2D eigenvalue weighted by atomic mass is 15.1. The Morgan fingerprint density at radius 1 is 0.304 bits per heavy atom. The first-order valence-corrected chi connectivity index (χ1v) is 23.8. The number of fused-ring (bicyclic) bond motifs is 6. The molecule has 2 nitrogen and oxygen atoms in total. The molecule has 0 bridgehead atoms. The third kappa shape index (κ3) is 6.56. The second-order valence-electron chi connectivity index (χ2n) is 18.0. The number of rotatable bonds is 9. The highest BCUT2D eigenvalue weighted by Gasteiger charge is 2.47. The van der Waals surface area contributed by atoms with Crippen molar-refractivity contribution in [1.29, 1.82) is 0 Å². The second kappa shape index (κ2) is 16.7. The van der Waals surface area contributed by atoms with Gasteiger partial charge >= 0.3 is 0 Å². The SMILES string of the molecule is c1ccc(-c2ccc(N(c3ccccc3)c3ccc4c5cccc(-c6ccccc6)c5n(-c5ccc(-c6cccc7c6C(c6ccccc6)(c6ccccc6)c6ccccc6-7)cc5)c4c3)cc2)cc1. The van der Waals surface area contributed by atoms with E-state index in [1.165, 1.54) is 83.1 Å². The first kappa shape index (κ1) is 40.3. The molecular weight excluding hydrogens is 833 g/mol. The normalized spacial score (nSPS) is 12.5. The highest BCUT2D eigenvalue weighted by molar-refractivity contribution is 6.14. The van der Waals surface area contributed by atoms with E-state index in [1.54, 1.807) is 0 Å². The summed E-state index contributed by atoms with van der Waals surface area (Å²) in [5.74, 6) is 0. The van der Waals surface area contributed by atoms with Gasteiger partial charge in [0.15, 0.2) is 0 Å². The summed E-state index contributed by atoms with van der Waals surface area (Å²) in [5, 5.41) is 2.42. The Bertz CT molecular complexity index is 3750. The van der Waals surface area contributed by atoms with Gasteiger partial charge in [-0.2, -0.15) is 0 Å². The molecule has 0 N–H and O–H groups in total. The Kier molecular flexibility index (Phi) is 9.77. The van der Waals surface area contributed by atoms with Crippen LogP contribution in [0, 0.1) is 0 Å². The minimum Gasteiger partial charge on any atom is -0.310 e. The number of nitrogens with zero attached hydrogens (tertiary/aromatic N) is 2. The minimum absolute atomic E-state index is 0.510. The zero-order valence-electron chi connectivity index (χ0n) is 38.0. The van der Waals surface area contributed by atoms with E-state index in [0.717, 1.165) is 28.3 Å². The van der Waals surface area contributed by atoms with E-state index in [-0.39, 0.29) is 0 Å². The molecule has 69 heavy (non-hydrogen) atoms. The molecule has 11 aromatic carbocycles. The van der Waals surface area contributed by atoms with E-state index in [9.17, 15) is 0 Å². The molecule has 0 unspecified atom stereocenters. The molecule has 324 valence electrons. The molecule has 0 saturated carbocycles. The summed E-state index contributed by atoms with van der Waals surface area (Å²) in [7, 11) is 0. The van der Waals surface area contributed by atoms with Gasteiger partial charge in [0.05, 0.1) is 16.4 Å². The van der Waals surface area contributed by atoms with E-state index in [1.807, 2.05) is 0 Å². The van der Waals surface area contributed by atoms with Crippen LogP contribution in [0.5, 0.6) is 0 Å². The first-order valence-electron chi connectivity index (χ1n) is 23.8. The fraction of sp³-hybridized carbons (Fsp3) is 0.0149. The van der Waals surface area contributed by atoms with Crippen molar-refractivity contribution in [3.63, 3.8) is 0 Å². The Morgan fingerprint density at radius 3 is 1.46 bits per heavy atom. The number of para-hydroxylation sites is 2. The third-order valence-corrected chi connectivity index (χ3v) is 14.3. The van der Waals surface area contributed by atoms with Crippen LogP contribution in [0.4, 0.5) is 17.1 Å². The van der Waals surface area contributed by atoms with Crippen LogP contribution in [-0.2, 0) is 5.41 Å². The van der Waals surface area contributed by atoms with E-state index in [0.29, 0.717) is 0 Å². The summed E-state index contributed by atoms with van der Waals surface area (Å²) in [6, 6.07) is 102. The second-order valence-corrected chi connectivity index (χ2v) is 18.0. The molecule has 0 spiro atoms. The molecule has 12 aromatic rings. The Morgan fingerprint density at radius 2 is 0.783 bits per heavy atom. The van der Waals surface area contributed by atoms with E-state index < -0.39 is 5.41 Å². The van der Waals surface area contributed by atoms with Crippen molar-refractivity contribution in [2.45, 2.75) is 5.41 Å². The summed E-state index contributed by atoms with van der Waals surface area (Å²) in [6.45, 7) is 0. The molecule has 0 amide bonds. The molecular formula is C67H46N2. The zero-order valence-corrected chi connectivity index (χ0v) is 38.0. The van der Waals surface area contributed by atoms with Gasteiger partial charge in [0.25, 0.3) is 0 Å². The van der Waals surface area contributed by atoms with Crippen LogP contribution >= 0.6 is 0 Å². The molecule has 1 aliphatic rings. The minimum atomic E-state index is -0.510. The molecule has 1 aromatic heterocycles. The molecule has 13 rings (SSSR count). The van der Waals surface area contributed by atoms with Crippen LogP contribution in [0.25, 0.3) is 72.0 Å². The van der Waals surface area contributed by atoms with Crippen LogP contribution in [0.2, 0.25) is 0 Å². The zero-order chi connectivity index (χ0) is 45.7. The number of hydrogen-bond donors (Lipinski definition) is 0. The third-order valence-electron chi connectivity index (χ3n) is 14.3. The predicted molar refractivity (Wildman–Crippen MR) is 289 cm³/mol. The van der Waals surface area contributed by atoms with Gasteiger partial charge in [0, 0.05) is 39.1 Å². The van der Waals surface area contributed by atoms with Crippen molar-refractivity contribution in [3.05, 3.63) is 301 Å². The van der Waals surface area contributed by atoms with Gasteiger partial charge in [-0.1, -0.05) is 231 Å². The molecule has 2 heteroatoms. The fourth-order valence-electron chi connectivity index (χ4n) is 11.3. The molecule has 0 saturated heterocycles. The quantitative estimate of drug-likeness (QED) is 0.140. The van der Waals surface area contributed by atoms with Gasteiger partial charge in [-0.25, -0.2) is 0 Å². The van der Waals surface area contributed by atoms with Crippen molar-refractivity contribution >= 4 is 38.9 Å². The van der Waals surface area contributed by atoms with Crippen molar-refractivity contribution < 1.29 is 0 Å². The monoisotopic (exact) mass is 878 g/mol. The lowest BCUT2D eigenvalue weighted by atomic mass is 9.66. The topological polar surface area (TPSA) is 8.17 Å². The van der Waals surface area contributed by atoms with E-state index in [4.69, 9.17) is 0 Å². The summed E-state index contributed by atoms with van der Waals surface area (Å²) < 4.78 is 2.49. The largest absolute Gasteiger partial charge is 0.310 e. The van der Waals surface area contributed by atoms with Crippen LogP contribution in [0.3, 0.4) is 0 Å². The van der Waals surface area contributed by atoms with Crippen molar-refractivity contribution in [3.8, 4) is 50.2 Å². The van der Waals surface area contributed by atoms with E-state index in [2.05, 4.69) is 289 Å². The fourth-order valence-corrected chi connectivity index (χ4v) is 11.3. The van der Waals surface area contributed by atoms with Crippen molar-refractivity contribution in [2.24, 2.45) is 0 Å². The molecule has 0 aliphatic heterocycles. The predicted octanol–water partition coefficient (Wildman–Crippen LogP) is 17.6. The maximum Gasteiger partial charge on any atom is 0.0719 e. The Labute approximate surface area is 403 Å². The lowest BCUT2D eigenvalue weighted by molar-refractivity contribution is 0.770. The summed E-state index contributed by atoms with van der Waals surface area (Å²) in [4.78, 5) is 2.37. The molecule has 0 radical (unpaired) electrons. The smallest absolute Gasteiger partial charge is 0.0719 e. The lowest BCUT2D eigenvalue weighted by Crippen LogP contribution is -2.29. The summed E-state index contributed by atoms with van der Waals surface area (Å²) >= 11 is 0. The average Bonchev–Trinajstić information content (AvgIpc) is 3.93. The standard InChI is InChI=1S/C67H46N2/c1-6-20-47(21-7-1)48-36-40-54(41-37-48)68(53-28-14-5-15-29-53)56-44-45-60-62-34-19-32-58(49-22-8-2-9-23-49)66(62)69(64(60)46-56)55-42-38-50(39-43-55)57-31-18-33-61-59-30-16-17-35-63(59)67(65(57)61,51-24-10-3-11-25-51)52-26-12-4-13-27-52/h1-46H. The summed E-state index contributed by atoms with van der Waals surface area (Å²) in [6.07, 6.45) is 0. The van der Waals surface area contributed by atoms with Gasteiger partial charge in [0.2, 0.25) is 0 Å². The van der Waals surface area contributed by atoms with Gasteiger partial charge in [-0.15, -0.1) is 0 Å². The van der Waals surface area contributed by atoms with Crippen molar-refractivity contribution in [1.82, 2.24) is 4.57 Å². The van der Waals surface area contributed by atoms with Crippen LogP contribution in [0.15, 0.2) is 279 Å². The number of anilines is 3. The van der Waals surface area contributed by atoms with Gasteiger partial charge in [-0.3, -0.25) is 0 Å². The molecule has 1 heterocycles. The van der Waals surface area contributed by atoms with Crippen molar-refractivity contribution in [2.75, 3.05) is 4.90 Å². The maximum absolute atomic E-state index is 2.49. The first-order chi connectivity index (χ1) is 34.3. The maximum atomic E-state index is 2.49. The summed E-state index contributed by atoms with van der Waals surface area (Å²) in [5.41, 5.74) is 21.1. The Balaban J connectivity index is 1.01. The number of aromatic nitrogens is 1. The highest BCUT2D eigenvalue weighted by Crippen LogP contribution is 2.58. The average molecular weight is 879 g/mol. The van der Waals surface area contributed by atoms with Crippen LogP contribution in [-0.4, -0.2) is 4.57 Å². The van der Waals surface area contributed by atoms with Crippen LogP contribution < -0.4 is 4.90 Å². The Hall–Kier alpha value is -8.98. The molecule has 0 fully saturated rings. The molecule has 0 atom stereocenters. The van der Waals surface area contributed by atoms with Gasteiger partial charge in [-0.05, 0) is 110 Å². The lowest BCUT2D eigenvalue weighted by Gasteiger charge is -2.35. The van der Waals surface area contributed by atoms with Gasteiger partial charge in [0.1, 0.15) is 0 Å². The number of hydrogen-bond acceptors (Lipinski definition) is 1. The van der Waals surface area contributed by atoms with Crippen LogP contribution in [0.1, 0.15) is 22.3 Å². The number of benzene rings is 11. The van der Waals surface area contributed by atoms with Gasteiger partial charge < -0.3 is 9.47 Å².